The Morgan fingerprint density at radius 3 is 2.00 bits per heavy atom. The number of aliphatic hydroxyl groups excluding tert-OH is 1. The molecule has 0 spiro atoms. The van der Waals surface area contributed by atoms with E-state index in [9.17, 15) is 5.11 Å². The van der Waals surface area contributed by atoms with Crippen molar-refractivity contribution in [2.24, 2.45) is 0 Å². The zero-order valence-electron chi connectivity index (χ0n) is 12.4. The van der Waals surface area contributed by atoms with Crippen LogP contribution in [0.15, 0.2) is 54.6 Å². The molecule has 1 unspecified atom stereocenters. The Hall–Kier alpha value is -2.00. The van der Waals surface area contributed by atoms with Crippen LogP contribution in [0, 0.1) is 0 Å². The predicted molar refractivity (Wildman–Crippen MR) is 83.9 cm³/mol. The summed E-state index contributed by atoms with van der Waals surface area (Å²) in [6.45, 7) is 3.06. The van der Waals surface area contributed by atoms with E-state index in [1.807, 2.05) is 54.6 Å². The molecule has 2 aromatic carbocycles. The first-order valence-corrected chi connectivity index (χ1v) is 7.32. The molecule has 0 amide bonds. The van der Waals surface area contributed by atoms with Gasteiger partial charge in [-0.25, -0.2) is 0 Å². The zero-order chi connectivity index (χ0) is 14.9. The van der Waals surface area contributed by atoms with E-state index >= 15 is 0 Å². The summed E-state index contributed by atoms with van der Waals surface area (Å²) in [7, 11) is 0. The molecule has 0 heterocycles. The molecule has 0 aliphatic rings. The van der Waals surface area contributed by atoms with Gasteiger partial charge in [-0.2, -0.15) is 0 Å². The molecule has 0 fully saturated rings. The molecule has 1 N–H and O–H groups in total. The van der Waals surface area contributed by atoms with Crippen molar-refractivity contribution in [2.45, 2.75) is 25.9 Å². The minimum absolute atomic E-state index is 0.313. The Bertz CT molecular complexity index is 506. The highest BCUT2D eigenvalue weighted by atomic mass is 16.5. The topological polar surface area (TPSA) is 38.7 Å². The molecule has 1 atom stereocenters. The Balaban J connectivity index is 1.64. The first-order valence-electron chi connectivity index (χ1n) is 7.32. The average Bonchev–Trinajstić information content (AvgIpc) is 2.49. The average molecular weight is 286 g/mol. The fourth-order valence-electron chi connectivity index (χ4n) is 2.02. The van der Waals surface area contributed by atoms with Crippen LogP contribution in [0.4, 0.5) is 0 Å². The maximum absolute atomic E-state index is 9.32. The van der Waals surface area contributed by atoms with E-state index in [-0.39, 0.29) is 6.10 Å². The summed E-state index contributed by atoms with van der Waals surface area (Å²) < 4.78 is 11.3. The molecule has 0 radical (unpaired) electrons. The number of para-hydroxylation sites is 1. The quantitative estimate of drug-likeness (QED) is 0.755. The molecule has 0 saturated carbocycles. The van der Waals surface area contributed by atoms with E-state index in [0.717, 1.165) is 23.5 Å². The van der Waals surface area contributed by atoms with E-state index in [1.165, 1.54) is 0 Å². The lowest BCUT2D eigenvalue weighted by Crippen LogP contribution is -2.06. The van der Waals surface area contributed by atoms with Crippen LogP contribution in [0.25, 0.3) is 0 Å². The van der Waals surface area contributed by atoms with Gasteiger partial charge in [0.15, 0.2) is 0 Å². The van der Waals surface area contributed by atoms with Gasteiger partial charge < -0.3 is 14.6 Å². The predicted octanol–water partition coefficient (Wildman–Crippen LogP) is 3.46. The lowest BCUT2D eigenvalue weighted by atomic mass is 10.1. The van der Waals surface area contributed by atoms with Gasteiger partial charge in [-0.3, -0.25) is 0 Å². The van der Waals surface area contributed by atoms with Crippen LogP contribution in [0.1, 0.15) is 18.9 Å². The Morgan fingerprint density at radius 1 is 0.857 bits per heavy atom. The second-order valence-electron chi connectivity index (χ2n) is 5.06. The highest BCUT2D eigenvalue weighted by molar-refractivity contribution is 5.27. The lowest BCUT2D eigenvalue weighted by molar-refractivity contribution is 0.195. The molecular formula is C18H22O3. The third-order valence-electron chi connectivity index (χ3n) is 3.02. The number of hydrogen-bond acceptors (Lipinski definition) is 3. The van der Waals surface area contributed by atoms with Gasteiger partial charge in [-0.1, -0.05) is 30.3 Å². The second-order valence-corrected chi connectivity index (χ2v) is 5.06. The monoisotopic (exact) mass is 286 g/mol. The molecule has 3 heteroatoms. The first-order chi connectivity index (χ1) is 10.2. The summed E-state index contributed by atoms with van der Waals surface area (Å²) >= 11 is 0. The maximum Gasteiger partial charge on any atom is 0.119 e. The van der Waals surface area contributed by atoms with E-state index < -0.39 is 0 Å². The molecule has 0 bridgehead atoms. The molecule has 2 aromatic rings. The van der Waals surface area contributed by atoms with Crippen molar-refractivity contribution < 1.29 is 14.6 Å². The van der Waals surface area contributed by atoms with Gasteiger partial charge in [0.2, 0.25) is 0 Å². The van der Waals surface area contributed by atoms with E-state index in [4.69, 9.17) is 9.47 Å². The lowest BCUT2D eigenvalue weighted by Gasteiger charge is -2.09. The standard InChI is InChI=1S/C18H22O3/c1-15(19)14-16-8-10-18(11-9-16)21-13-5-12-20-17-6-3-2-4-7-17/h2-4,6-11,15,19H,5,12-14H2,1H3. The third kappa shape index (κ3) is 5.88. The molecule has 3 nitrogen and oxygen atoms in total. The van der Waals surface area contributed by atoms with E-state index in [0.29, 0.717) is 19.6 Å². The fraction of sp³-hybridized carbons (Fsp3) is 0.333. The molecule has 0 aliphatic heterocycles. The SMILES string of the molecule is CC(O)Cc1ccc(OCCCOc2ccccc2)cc1. The smallest absolute Gasteiger partial charge is 0.119 e. The van der Waals surface area contributed by atoms with E-state index in [1.54, 1.807) is 6.92 Å². The molecule has 21 heavy (non-hydrogen) atoms. The highest BCUT2D eigenvalue weighted by Gasteiger charge is 2.00. The first kappa shape index (κ1) is 15.4. The molecule has 0 aliphatic carbocycles. The van der Waals surface area contributed by atoms with Crippen molar-refractivity contribution in [3.05, 3.63) is 60.2 Å². The molecule has 0 saturated heterocycles. The van der Waals surface area contributed by atoms with Crippen LogP contribution in [-0.4, -0.2) is 24.4 Å². The van der Waals surface area contributed by atoms with Crippen molar-refractivity contribution in [1.82, 2.24) is 0 Å². The summed E-state index contributed by atoms with van der Waals surface area (Å²) in [5, 5.41) is 9.32. The summed E-state index contributed by atoms with van der Waals surface area (Å²) in [6.07, 6.45) is 1.20. The number of aliphatic hydroxyl groups is 1. The van der Waals surface area contributed by atoms with Crippen LogP contribution >= 0.6 is 0 Å². The number of rotatable bonds is 8. The largest absolute Gasteiger partial charge is 0.493 e. The normalized spacial score (nSPS) is 11.9. The molecule has 0 aromatic heterocycles. The highest BCUT2D eigenvalue weighted by Crippen LogP contribution is 2.14. The fourth-order valence-corrected chi connectivity index (χ4v) is 2.02. The minimum Gasteiger partial charge on any atom is -0.493 e. The van der Waals surface area contributed by atoms with Gasteiger partial charge in [-0.05, 0) is 43.2 Å². The summed E-state index contributed by atoms with van der Waals surface area (Å²) in [4.78, 5) is 0. The van der Waals surface area contributed by atoms with Crippen LogP contribution in [0.3, 0.4) is 0 Å². The van der Waals surface area contributed by atoms with Crippen LogP contribution in [-0.2, 0) is 6.42 Å². The summed E-state index contributed by atoms with van der Waals surface area (Å²) in [5.74, 6) is 1.74. The van der Waals surface area contributed by atoms with Crippen molar-refractivity contribution >= 4 is 0 Å². The maximum atomic E-state index is 9.32. The van der Waals surface area contributed by atoms with Gasteiger partial charge in [-0.15, -0.1) is 0 Å². The van der Waals surface area contributed by atoms with Gasteiger partial charge in [0.05, 0.1) is 19.3 Å². The third-order valence-corrected chi connectivity index (χ3v) is 3.02. The van der Waals surface area contributed by atoms with Crippen LogP contribution in [0.5, 0.6) is 11.5 Å². The van der Waals surface area contributed by atoms with Gasteiger partial charge in [0.1, 0.15) is 11.5 Å². The summed E-state index contributed by atoms with van der Waals surface area (Å²) in [5.41, 5.74) is 1.12. The number of benzene rings is 2. The number of ether oxygens (including phenoxy) is 2. The van der Waals surface area contributed by atoms with Crippen LogP contribution in [0.2, 0.25) is 0 Å². The van der Waals surface area contributed by atoms with Crippen molar-refractivity contribution in [3.8, 4) is 11.5 Å². The molecule has 112 valence electrons. The van der Waals surface area contributed by atoms with E-state index in [2.05, 4.69) is 0 Å². The second kappa shape index (κ2) is 8.32. The molecule has 2 rings (SSSR count). The Kier molecular flexibility index (Phi) is 6.10. The Morgan fingerprint density at radius 2 is 1.43 bits per heavy atom. The van der Waals surface area contributed by atoms with Crippen molar-refractivity contribution in [3.63, 3.8) is 0 Å². The minimum atomic E-state index is -0.313. The van der Waals surface area contributed by atoms with Crippen LogP contribution < -0.4 is 9.47 Å². The Labute approximate surface area is 126 Å². The van der Waals surface area contributed by atoms with Crippen molar-refractivity contribution in [1.29, 1.82) is 0 Å². The number of hydrogen-bond donors (Lipinski definition) is 1. The van der Waals surface area contributed by atoms with Gasteiger partial charge in [0.25, 0.3) is 0 Å². The summed E-state index contributed by atoms with van der Waals surface area (Å²) in [6, 6.07) is 17.6. The van der Waals surface area contributed by atoms with Crippen molar-refractivity contribution in [2.75, 3.05) is 13.2 Å². The van der Waals surface area contributed by atoms with Gasteiger partial charge in [0, 0.05) is 6.42 Å². The van der Waals surface area contributed by atoms with Gasteiger partial charge >= 0.3 is 0 Å². The zero-order valence-corrected chi connectivity index (χ0v) is 12.4. The molecular weight excluding hydrogens is 264 g/mol.